The number of benzene rings is 2. The average Bonchev–Trinajstić information content (AvgIpc) is 3.30. The van der Waals surface area contributed by atoms with Crippen LogP contribution < -0.4 is 10.9 Å². The van der Waals surface area contributed by atoms with Crippen LogP contribution in [0.5, 0.6) is 0 Å². The molecule has 2 heterocycles. The molecule has 0 unspecified atom stereocenters. The van der Waals surface area contributed by atoms with Crippen molar-refractivity contribution in [3.63, 3.8) is 0 Å². The van der Waals surface area contributed by atoms with Crippen LogP contribution >= 0.6 is 12.4 Å². The first-order valence-corrected chi connectivity index (χ1v) is 14.5. The van der Waals surface area contributed by atoms with Gasteiger partial charge in [-0.05, 0) is 107 Å². The Morgan fingerprint density at radius 2 is 1.67 bits per heavy atom. The van der Waals surface area contributed by atoms with Crippen molar-refractivity contribution in [2.24, 2.45) is 16.8 Å². The molecular weight excluding hydrogens is 561 g/mol. The van der Waals surface area contributed by atoms with E-state index in [4.69, 9.17) is 0 Å². The zero-order chi connectivity index (χ0) is 29.1. The molecule has 1 saturated carbocycles. The van der Waals surface area contributed by atoms with E-state index in [1.165, 1.54) is 24.3 Å². The summed E-state index contributed by atoms with van der Waals surface area (Å²) < 4.78 is 15.5. The summed E-state index contributed by atoms with van der Waals surface area (Å²) in [6.45, 7) is 6.09. The number of carboxylic acid groups (broad SMARTS) is 1. The number of aliphatic carboxylic acids is 1. The number of H-pyrrole nitrogens is 1. The molecule has 226 valence electrons. The Labute approximate surface area is 250 Å². The van der Waals surface area contributed by atoms with E-state index in [1.807, 2.05) is 26.0 Å². The predicted molar refractivity (Wildman–Crippen MR) is 160 cm³/mol. The normalized spacial score (nSPS) is 20.4. The number of carbonyl (C=O) groups excluding carboxylic acids is 2. The minimum Gasteiger partial charge on any atom is -0.481 e. The molecule has 2 amide bonds. The van der Waals surface area contributed by atoms with Crippen LogP contribution in [0.1, 0.15) is 74.3 Å². The second-order valence-electron chi connectivity index (χ2n) is 11.7. The van der Waals surface area contributed by atoms with Gasteiger partial charge in [-0.25, -0.2) is 4.39 Å². The number of likely N-dealkylation sites (tertiary alicyclic amines) is 1. The molecule has 9 nitrogen and oxygen atoms in total. The highest BCUT2D eigenvalue weighted by Gasteiger charge is 2.29. The van der Waals surface area contributed by atoms with Gasteiger partial charge in [-0.3, -0.25) is 19.3 Å². The molecule has 42 heavy (non-hydrogen) atoms. The number of nitrogens with zero attached hydrogens (tertiary/aromatic N) is 3. The van der Waals surface area contributed by atoms with E-state index >= 15 is 0 Å². The third-order valence-electron chi connectivity index (χ3n) is 8.30. The number of amides is 2. The molecule has 2 aromatic carbocycles. The lowest BCUT2D eigenvalue weighted by Crippen LogP contribution is -2.38. The third-order valence-corrected chi connectivity index (χ3v) is 8.30. The number of fused-ring (bicyclic) bond motifs is 1. The topological polar surface area (TPSA) is 120 Å². The number of imidazole rings is 1. The van der Waals surface area contributed by atoms with Crippen LogP contribution in [-0.4, -0.2) is 56.5 Å². The lowest BCUT2D eigenvalue weighted by Gasteiger charge is -2.30. The maximum atomic E-state index is 13.4. The lowest BCUT2D eigenvalue weighted by atomic mass is 9.85. The number of aromatic nitrogens is 2. The molecule has 5 rings (SSSR count). The molecule has 2 aliphatic rings. The van der Waals surface area contributed by atoms with Crippen molar-refractivity contribution in [3.05, 3.63) is 65.0 Å². The molecule has 0 bridgehead atoms. The Morgan fingerprint density at radius 3 is 2.29 bits per heavy atom. The maximum Gasteiger partial charge on any atom is 0.306 e. The minimum atomic E-state index is -0.720. The van der Waals surface area contributed by atoms with Gasteiger partial charge in [-0.15, -0.1) is 12.4 Å². The summed E-state index contributed by atoms with van der Waals surface area (Å²) in [4.78, 5) is 47.1. The van der Waals surface area contributed by atoms with E-state index in [1.54, 1.807) is 0 Å². The van der Waals surface area contributed by atoms with Crippen molar-refractivity contribution in [2.45, 2.75) is 71.0 Å². The first kappa shape index (κ1) is 31.4. The summed E-state index contributed by atoms with van der Waals surface area (Å²) in [5.41, 5.74) is 3.62. The van der Waals surface area contributed by atoms with Crippen molar-refractivity contribution in [1.29, 1.82) is 0 Å². The van der Waals surface area contributed by atoms with Gasteiger partial charge in [-0.2, -0.15) is 4.99 Å². The molecule has 1 aromatic heterocycles. The van der Waals surface area contributed by atoms with Crippen molar-refractivity contribution >= 4 is 41.2 Å². The number of aromatic amines is 1. The van der Waals surface area contributed by atoms with E-state index in [-0.39, 0.29) is 42.2 Å². The van der Waals surface area contributed by atoms with Crippen LogP contribution in [0.2, 0.25) is 0 Å². The van der Waals surface area contributed by atoms with Crippen LogP contribution in [0.4, 0.5) is 4.39 Å². The van der Waals surface area contributed by atoms with Gasteiger partial charge in [0.15, 0.2) is 0 Å². The molecule has 0 spiro atoms. The summed E-state index contributed by atoms with van der Waals surface area (Å²) in [6.07, 6.45) is 4.31. The van der Waals surface area contributed by atoms with Crippen LogP contribution in [0.15, 0.2) is 47.5 Å². The van der Waals surface area contributed by atoms with Gasteiger partial charge in [0.1, 0.15) is 5.82 Å². The molecule has 1 aliphatic heterocycles. The molecule has 2 fully saturated rings. The standard InChI is InChI=1S/C31H38FN5O4.ClH/c1-19(2)33-28(38)22-6-10-25(11-7-22)37-27-17-20(18-36-15-13-23(14-16-36)30(40)41)3-12-26(27)34-31(37)35-29(39)21-4-8-24(32)9-5-21;/h3-5,8-9,12,17,19,22-23,25H,6-7,10-11,13-16,18H2,1-2H3,(H,33,38)(H,40,41)(H,34,35,39);1H. The molecule has 11 heteroatoms. The molecule has 1 aliphatic carbocycles. The number of hydrogen-bond donors (Lipinski definition) is 3. The van der Waals surface area contributed by atoms with Gasteiger partial charge in [-0.1, -0.05) is 6.07 Å². The van der Waals surface area contributed by atoms with Crippen molar-refractivity contribution in [3.8, 4) is 0 Å². The van der Waals surface area contributed by atoms with Crippen LogP contribution in [0.3, 0.4) is 0 Å². The number of carboxylic acids is 1. The third kappa shape index (κ3) is 7.28. The molecule has 3 aromatic rings. The largest absolute Gasteiger partial charge is 0.481 e. The van der Waals surface area contributed by atoms with Gasteiger partial charge in [0.05, 0.1) is 17.0 Å². The van der Waals surface area contributed by atoms with Gasteiger partial charge in [0.25, 0.3) is 5.91 Å². The van der Waals surface area contributed by atoms with E-state index in [2.05, 4.69) is 30.8 Å². The average molecular weight is 600 g/mol. The van der Waals surface area contributed by atoms with Crippen LogP contribution in [-0.2, 0) is 16.1 Å². The summed E-state index contributed by atoms with van der Waals surface area (Å²) in [6, 6.07) is 11.7. The minimum absolute atomic E-state index is 0. The first-order chi connectivity index (χ1) is 19.7. The predicted octanol–water partition coefficient (Wildman–Crippen LogP) is 4.82. The lowest BCUT2D eigenvalue weighted by molar-refractivity contribution is -0.143. The Hall–Kier alpha value is -3.50. The summed E-state index contributed by atoms with van der Waals surface area (Å²) in [5.74, 6) is -1.82. The number of carbonyl (C=O) groups is 3. The summed E-state index contributed by atoms with van der Waals surface area (Å²) in [7, 11) is 0. The Morgan fingerprint density at radius 1 is 1.00 bits per heavy atom. The summed E-state index contributed by atoms with van der Waals surface area (Å²) >= 11 is 0. The van der Waals surface area contributed by atoms with E-state index in [0.29, 0.717) is 30.6 Å². The zero-order valence-electron chi connectivity index (χ0n) is 24.0. The fourth-order valence-electron chi connectivity index (χ4n) is 6.07. The Bertz CT molecular complexity index is 1480. The number of hydrogen-bond acceptors (Lipinski definition) is 4. The zero-order valence-corrected chi connectivity index (χ0v) is 24.8. The fraction of sp³-hybridized carbons (Fsp3) is 0.484. The van der Waals surface area contributed by atoms with E-state index in [9.17, 15) is 23.9 Å². The fourth-order valence-corrected chi connectivity index (χ4v) is 6.07. The monoisotopic (exact) mass is 599 g/mol. The molecule has 0 radical (unpaired) electrons. The number of piperidine rings is 1. The smallest absolute Gasteiger partial charge is 0.306 e. The van der Waals surface area contributed by atoms with Crippen LogP contribution in [0, 0.1) is 17.7 Å². The van der Waals surface area contributed by atoms with Gasteiger partial charge in [0.2, 0.25) is 11.5 Å². The highest BCUT2D eigenvalue weighted by Crippen LogP contribution is 2.34. The van der Waals surface area contributed by atoms with Crippen molar-refractivity contribution in [1.82, 2.24) is 19.8 Å². The van der Waals surface area contributed by atoms with Crippen LogP contribution in [0.25, 0.3) is 11.0 Å². The molecule has 1 saturated heterocycles. The second kappa shape index (κ2) is 13.6. The number of nitrogens with one attached hydrogen (secondary N) is 2. The quantitative estimate of drug-likeness (QED) is 0.360. The van der Waals surface area contributed by atoms with Gasteiger partial charge >= 0.3 is 5.97 Å². The first-order valence-electron chi connectivity index (χ1n) is 14.5. The maximum absolute atomic E-state index is 13.4. The second-order valence-corrected chi connectivity index (χ2v) is 11.7. The van der Waals surface area contributed by atoms with E-state index in [0.717, 1.165) is 55.4 Å². The molecule has 0 atom stereocenters. The van der Waals surface area contributed by atoms with E-state index < -0.39 is 17.7 Å². The van der Waals surface area contributed by atoms with Crippen molar-refractivity contribution in [2.75, 3.05) is 13.1 Å². The van der Waals surface area contributed by atoms with Crippen molar-refractivity contribution < 1.29 is 23.9 Å². The highest BCUT2D eigenvalue weighted by molar-refractivity contribution is 5.95. The highest BCUT2D eigenvalue weighted by atomic mass is 35.5. The Balaban J connectivity index is 0.00000405. The summed E-state index contributed by atoms with van der Waals surface area (Å²) in [5, 5.41) is 12.4. The Kier molecular flexibility index (Phi) is 10.2. The molecule has 3 N–H and O–H groups in total. The number of rotatable bonds is 7. The van der Waals surface area contributed by atoms with Gasteiger partial charge < -0.3 is 20.0 Å². The molecular formula is C31H39ClFN5O4. The SMILES string of the molecule is CC(C)NC(=O)C1CCC(n2/c(=N/C(=O)c3ccc(F)cc3)[nH]c3ccc(CN4CCC(C(=O)O)CC4)cc32)CC1.Cl. The van der Waals surface area contributed by atoms with Gasteiger partial charge in [0, 0.05) is 30.1 Å². The number of halogens is 2.